The molecule has 3 N–H and O–H groups in total. The second-order valence-corrected chi connectivity index (χ2v) is 6.84. The number of carbonyl (C=O) groups is 1. The van der Waals surface area contributed by atoms with E-state index in [1.54, 1.807) is 24.3 Å². The normalized spacial score (nSPS) is 11.7. The summed E-state index contributed by atoms with van der Waals surface area (Å²) in [5.74, 6) is -0.216. The molecular weight excluding hydrogens is 308 g/mol. The number of halogens is 1. The Balaban J connectivity index is 2.02. The second kappa shape index (κ2) is 6.88. The summed E-state index contributed by atoms with van der Waals surface area (Å²) in [5, 5.41) is 3.22. The van der Waals surface area contributed by atoms with Crippen molar-refractivity contribution in [3.8, 4) is 0 Å². The summed E-state index contributed by atoms with van der Waals surface area (Å²) in [6.45, 7) is 6.51. The van der Waals surface area contributed by atoms with Crippen LogP contribution in [0.2, 0.25) is 5.02 Å². The zero-order valence-electron chi connectivity index (χ0n) is 13.6. The summed E-state index contributed by atoms with van der Waals surface area (Å²) >= 11 is 5.85. The van der Waals surface area contributed by atoms with Crippen molar-refractivity contribution in [2.75, 3.05) is 11.1 Å². The third kappa shape index (κ3) is 4.86. The number of nitrogen functional groups attached to an aromatic ring is 1. The van der Waals surface area contributed by atoms with Gasteiger partial charge in [-0.2, -0.15) is 0 Å². The minimum atomic E-state index is -0.216. The van der Waals surface area contributed by atoms with Gasteiger partial charge in [-0.1, -0.05) is 56.6 Å². The lowest BCUT2D eigenvalue weighted by Crippen LogP contribution is -2.10. The molecule has 0 spiro atoms. The Kier molecular flexibility index (Phi) is 5.12. The van der Waals surface area contributed by atoms with Gasteiger partial charge >= 0.3 is 0 Å². The van der Waals surface area contributed by atoms with E-state index < -0.39 is 0 Å². The van der Waals surface area contributed by atoms with Crippen LogP contribution in [-0.2, 0) is 10.2 Å². The van der Waals surface area contributed by atoms with Crippen LogP contribution in [0.15, 0.2) is 48.5 Å². The van der Waals surface area contributed by atoms with E-state index in [1.807, 2.05) is 12.1 Å². The smallest absolute Gasteiger partial charge is 0.248 e. The first-order valence-corrected chi connectivity index (χ1v) is 7.78. The highest BCUT2D eigenvalue weighted by Crippen LogP contribution is 2.23. The second-order valence-electron chi connectivity index (χ2n) is 6.43. The van der Waals surface area contributed by atoms with Crippen LogP contribution in [0.5, 0.6) is 0 Å². The Morgan fingerprint density at radius 2 is 1.78 bits per heavy atom. The molecule has 0 saturated carbocycles. The number of benzene rings is 2. The van der Waals surface area contributed by atoms with E-state index in [0.29, 0.717) is 16.4 Å². The monoisotopic (exact) mass is 328 g/mol. The number of hydrogen-bond acceptors (Lipinski definition) is 2. The Morgan fingerprint density at radius 1 is 1.13 bits per heavy atom. The first kappa shape index (κ1) is 17.1. The lowest BCUT2D eigenvalue weighted by atomic mass is 9.87. The number of anilines is 2. The zero-order valence-corrected chi connectivity index (χ0v) is 14.3. The van der Waals surface area contributed by atoms with Crippen LogP contribution < -0.4 is 11.1 Å². The highest BCUT2D eigenvalue weighted by Gasteiger charge is 2.12. The minimum Gasteiger partial charge on any atom is -0.397 e. The molecule has 120 valence electrons. The number of nitrogens with one attached hydrogen (secondary N) is 1. The molecule has 0 saturated heterocycles. The molecule has 0 aromatic heterocycles. The summed E-state index contributed by atoms with van der Waals surface area (Å²) in [5.41, 5.74) is 9.12. The first-order chi connectivity index (χ1) is 10.8. The summed E-state index contributed by atoms with van der Waals surface area (Å²) in [6, 6.07) is 13.2. The maximum absolute atomic E-state index is 11.9. The van der Waals surface area contributed by atoms with E-state index in [0.717, 1.165) is 5.56 Å². The Labute approximate surface area is 142 Å². The van der Waals surface area contributed by atoms with Crippen molar-refractivity contribution in [3.05, 3.63) is 64.7 Å². The Morgan fingerprint density at radius 3 is 2.35 bits per heavy atom. The number of amides is 1. The highest BCUT2D eigenvalue weighted by molar-refractivity contribution is 6.33. The van der Waals surface area contributed by atoms with Gasteiger partial charge in [-0.05, 0) is 40.8 Å². The van der Waals surface area contributed by atoms with Gasteiger partial charge < -0.3 is 11.1 Å². The molecule has 0 bridgehead atoms. The predicted molar refractivity (Wildman–Crippen MR) is 98.7 cm³/mol. The van der Waals surface area contributed by atoms with Gasteiger partial charge in [0.2, 0.25) is 5.91 Å². The van der Waals surface area contributed by atoms with E-state index in [-0.39, 0.29) is 11.3 Å². The van der Waals surface area contributed by atoms with Gasteiger partial charge in [0, 0.05) is 11.8 Å². The maximum Gasteiger partial charge on any atom is 0.248 e. The van der Waals surface area contributed by atoms with Gasteiger partial charge in [-0.25, -0.2) is 0 Å². The molecule has 4 heteroatoms. The van der Waals surface area contributed by atoms with Crippen molar-refractivity contribution in [3.63, 3.8) is 0 Å². The molecule has 3 nitrogen and oxygen atoms in total. The van der Waals surface area contributed by atoms with Crippen LogP contribution in [0.1, 0.15) is 31.9 Å². The molecular formula is C19H21ClN2O. The zero-order chi connectivity index (χ0) is 17.0. The van der Waals surface area contributed by atoms with Crippen LogP contribution in [0, 0.1) is 0 Å². The summed E-state index contributed by atoms with van der Waals surface area (Å²) < 4.78 is 0. The van der Waals surface area contributed by atoms with Crippen LogP contribution in [0.4, 0.5) is 11.4 Å². The average Bonchev–Trinajstić information content (AvgIpc) is 2.48. The first-order valence-electron chi connectivity index (χ1n) is 7.40. The number of hydrogen-bond donors (Lipinski definition) is 2. The van der Waals surface area contributed by atoms with Crippen molar-refractivity contribution >= 4 is 35.0 Å². The molecule has 0 fully saturated rings. The molecule has 2 rings (SSSR count). The molecule has 23 heavy (non-hydrogen) atoms. The van der Waals surface area contributed by atoms with Gasteiger partial charge in [0.25, 0.3) is 0 Å². The molecule has 0 aliphatic heterocycles. The third-order valence-corrected chi connectivity index (χ3v) is 3.81. The maximum atomic E-state index is 11.9. The third-order valence-electron chi connectivity index (χ3n) is 3.47. The van der Waals surface area contributed by atoms with Gasteiger partial charge in [-0.15, -0.1) is 0 Å². The Hall–Kier alpha value is -2.26. The molecule has 0 heterocycles. The molecule has 0 radical (unpaired) electrons. The van der Waals surface area contributed by atoms with Crippen molar-refractivity contribution in [2.24, 2.45) is 0 Å². The molecule has 1 amide bonds. The lowest BCUT2D eigenvalue weighted by Gasteiger charge is -2.18. The molecule has 2 aromatic rings. The summed E-state index contributed by atoms with van der Waals surface area (Å²) in [4.78, 5) is 11.9. The molecule has 0 aliphatic carbocycles. The Bertz CT molecular complexity index is 728. The molecule has 2 aromatic carbocycles. The average molecular weight is 329 g/mol. The van der Waals surface area contributed by atoms with Gasteiger partial charge in [0.1, 0.15) is 0 Å². The van der Waals surface area contributed by atoms with E-state index in [4.69, 9.17) is 17.3 Å². The highest BCUT2D eigenvalue weighted by atomic mass is 35.5. The van der Waals surface area contributed by atoms with Crippen LogP contribution in [0.25, 0.3) is 6.08 Å². The number of rotatable bonds is 3. The van der Waals surface area contributed by atoms with Gasteiger partial charge in [-0.3, -0.25) is 4.79 Å². The van der Waals surface area contributed by atoms with E-state index in [2.05, 4.69) is 38.2 Å². The van der Waals surface area contributed by atoms with Gasteiger partial charge in [0.15, 0.2) is 0 Å². The summed E-state index contributed by atoms with van der Waals surface area (Å²) in [6.07, 6.45) is 3.28. The fraction of sp³-hybridized carbons (Fsp3) is 0.211. The van der Waals surface area contributed by atoms with Gasteiger partial charge in [0.05, 0.1) is 10.7 Å². The van der Waals surface area contributed by atoms with Crippen molar-refractivity contribution in [1.82, 2.24) is 0 Å². The molecule has 0 atom stereocenters. The van der Waals surface area contributed by atoms with E-state index >= 15 is 0 Å². The summed E-state index contributed by atoms with van der Waals surface area (Å²) in [7, 11) is 0. The van der Waals surface area contributed by atoms with Crippen LogP contribution >= 0.6 is 11.6 Å². The largest absolute Gasteiger partial charge is 0.397 e. The number of nitrogens with two attached hydrogens (primary N) is 1. The van der Waals surface area contributed by atoms with Crippen LogP contribution in [0.3, 0.4) is 0 Å². The minimum absolute atomic E-state index is 0.119. The SMILES string of the molecule is CC(C)(C)c1ccc(C=CC(=O)Nc2ccc(Cl)c(N)c2)cc1. The van der Waals surface area contributed by atoms with E-state index in [9.17, 15) is 4.79 Å². The molecule has 0 unspecified atom stereocenters. The fourth-order valence-corrected chi connectivity index (χ4v) is 2.19. The lowest BCUT2D eigenvalue weighted by molar-refractivity contribution is -0.111. The molecule has 0 aliphatic rings. The standard InChI is InChI=1S/C19H21ClN2O/c1-19(2,3)14-7-4-13(5-8-14)6-11-18(23)22-15-9-10-16(20)17(21)12-15/h4-12H,21H2,1-3H3,(H,22,23). The van der Waals surface area contributed by atoms with Crippen molar-refractivity contribution < 1.29 is 4.79 Å². The topological polar surface area (TPSA) is 55.1 Å². The quantitative estimate of drug-likeness (QED) is 0.623. The predicted octanol–water partition coefficient (Wildman–Crippen LogP) is 4.87. The van der Waals surface area contributed by atoms with Crippen molar-refractivity contribution in [1.29, 1.82) is 0 Å². The van der Waals surface area contributed by atoms with Crippen molar-refractivity contribution in [2.45, 2.75) is 26.2 Å². The van der Waals surface area contributed by atoms with E-state index in [1.165, 1.54) is 11.6 Å². The fourth-order valence-electron chi connectivity index (χ4n) is 2.07. The number of carbonyl (C=O) groups excluding carboxylic acids is 1. The van der Waals surface area contributed by atoms with Crippen LogP contribution in [-0.4, -0.2) is 5.91 Å².